The standard InChI is InChI=1S/C10H18/c1-4-10-8(2)6-5-7-9(10)3/h4,8-9H,5-7H2,1-3H3. The van der Waals surface area contributed by atoms with Gasteiger partial charge in [0, 0.05) is 0 Å². The van der Waals surface area contributed by atoms with Crippen LogP contribution in [0.5, 0.6) is 0 Å². The molecule has 0 amide bonds. The van der Waals surface area contributed by atoms with Crippen LogP contribution in [-0.2, 0) is 0 Å². The van der Waals surface area contributed by atoms with E-state index in [0.717, 1.165) is 11.8 Å². The average molecular weight is 138 g/mol. The third-order valence-corrected chi connectivity index (χ3v) is 2.75. The molecule has 0 aromatic carbocycles. The lowest BCUT2D eigenvalue weighted by Gasteiger charge is -2.27. The highest BCUT2D eigenvalue weighted by Crippen LogP contribution is 2.33. The minimum absolute atomic E-state index is 0.855. The van der Waals surface area contributed by atoms with E-state index in [1.165, 1.54) is 19.3 Å². The van der Waals surface area contributed by atoms with Crippen molar-refractivity contribution in [3.63, 3.8) is 0 Å². The van der Waals surface area contributed by atoms with Crippen LogP contribution in [-0.4, -0.2) is 0 Å². The van der Waals surface area contributed by atoms with Gasteiger partial charge in [0.05, 0.1) is 0 Å². The van der Waals surface area contributed by atoms with Gasteiger partial charge in [-0.15, -0.1) is 0 Å². The summed E-state index contributed by atoms with van der Waals surface area (Å²) in [6, 6.07) is 0. The van der Waals surface area contributed by atoms with Gasteiger partial charge in [0.2, 0.25) is 0 Å². The van der Waals surface area contributed by atoms with Crippen LogP contribution in [0.25, 0.3) is 0 Å². The number of hydrogen-bond donors (Lipinski definition) is 0. The van der Waals surface area contributed by atoms with Gasteiger partial charge in [-0.25, -0.2) is 0 Å². The highest BCUT2D eigenvalue weighted by atomic mass is 14.2. The maximum atomic E-state index is 2.35. The van der Waals surface area contributed by atoms with Crippen LogP contribution in [0.4, 0.5) is 0 Å². The summed E-state index contributed by atoms with van der Waals surface area (Å²) >= 11 is 0. The zero-order chi connectivity index (χ0) is 7.56. The van der Waals surface area contributed by atoms with Crippen LogP contribution in [0, 0.1) is 11.8 Å². The highest BCUT2D eigenvalue weighted by molar-refractivity contribution is 5.10. The zero-order valence-corrected chi connectivity index (χ0v) is 7.35. The Hall–Kier alpha value is -0.260. The van der Waals surface area contributed by atoms with E-state index in [1.807, 2.05) is 0 Å². The summed E-state index contributed by atoms with van der Waals surface area (Å²) < 4.78 is 0. The maximum Gasteiger partial charge on any atom is -0.0229 e. The first-order valence-electron chi connectivity index (χ1n) is 4.41. The lowest BCUT2D eigenvalue weighted by molar-refractivity contribution is 0.403. The van der Waals surface area contributed by atoms with Gasteiger partial charge in [0.25, 0.3) is 0 Å². The monoisotopic (exact) mass is 138 g/mol. The number of hydrogen-bond acceptors (Lipinski definition) is 0. The molecular weight excluding hydrogens is 120 g/mol. The Morgan fingerprint density at radius 1 is 1.20 bits per heavy atom. The van der Waals surface area contributed by atoms with Crippen molar-refractivity contribution >= 4 is 0 Å². The van der Waals surface area contributed by atoms with E-state index in [-0.39, 0.29) is 0 Å². The first-order valence-corrected chi connectivity index (χ1v) is 4.41. The third-order valence-electron chi connectivity index (χ3n) is 2.75. The molecule has 10 heavy (non-hydrogen) atoms. The van der Waals surface area contributed by atoms with Gasteiger partial charge < -0.3 is 0 Å². The Labute approximate surface area is 64.3 Å². The molecule has 0 heterocycles. The van der Waals surface area contributed by atoms with Gasteiger partial charge >= 0.3 is 0 Å². The maximum absolute atomic E-state index is 2.35. The minimum atomic E-state index is 0.855. The van der Waals surface area contributed by atoms with Crippen molar-refractivity contribution in [2.75, 3.05) is 0 Å². The van der Waals surface area contributed by atoms with E-state index in [2.05, 4.69) is 26.8 Å². The summed E-state index contributed by atoms with van der Waals surface area (Å²) in [5.74, 6) is 1.71. The van der Waals surface area contributed by atoms with E-state index >= 15 is 0 Å². The summed E-state index contributed by atoms with van der Waals surface area (Å²) in [4.78, 5) is 0. The van der Waals surface area contributed by atoms with Gasteiger partial charge in [0.15, 0.2) is 0 Å². The second-order valence-electron chi connectivity index (χ2n) is 3.52. The fourth-order valence-electron chi connectivity index (χ4n) is 2.12. The molecule has 0 bridgehead atoms. The summed E-state index contributed by atoms with van der Waals surface area (Å²) in [6.45, 7) is 6.88. The molecule has 0 radical (unpaired) electrons. The summed E-state index contributed by atoms with van der Waals surface area (Å²) in [6.07, 6.45) is 6.56. The van der Waals surface area contributed by atoms with Crippen molar-refractivity contribution in [3.05, 3.63) is 11.6 Å². The van der Waals surface area contributed by atoms with Crippen LogP contribution in [0.3, 0.4) is 0 Å². The van der Waals surface area contributed by atoms with Crippen LogP contribution in [0.2, 0.25) is 0 Å². The van der Waals surface area contributed by atoms with Gasteiger partial charge in [-0.2, -0.15) is 0 Å². The molecule has 1 saturated carbocycles. The Morgan fingerprint density at radius 2 is 1.70 bits per heavy atom. The van der Waals surface area contributed by atoms with Crippen molar-refractivity contribution in [1.82, 2.24) is 0 Å². The Kier molecular flexibility index (Phi) is 2.53. The molecule has 0 heteroatoms. The predicted molar refractivity (Wildman–Crippen MR) is 45.9 cm³/mol. The first-order chi connectivity index (χ1) is 4.75. The topological polar surface area (TPSA) is 0 Å². The molecule has 1 aliphatic rings. The third kappa shape index (κ3) is 1.42. The molecule has 0 aromatic heterocycles. The summed E-state index contributed by atoms with van der Waals surface area (Å²) in [7, 11) is 0. The molecule has 58 valence electrons. The molecule has 0 saturated heterocycles. The molecule has 0 aliphatic heterocycles. The van der Waals surface area contributed by atoms with Crippen LogP contribution in [0.1, 0.15) is 40.0 Å². The fourth-order valence-corrected chi connectivity index (χ4v) is 2.12. The molecule has 1 aliphatic carbocycles. The van der Waals surface area contributed by atoms with E-state index < -0.39 is 0 Å². The molecule has 0 nitrogen and oxygen atoms in total. The van der Waals surface area contributed by atoms with Gasteiger partial charge in [-0.3, -0.25) is 0 Å². The van der Waals surface area contributed by atoms with Gasteiger partial charge in [-0.05, 0) is 31.6 Å². The quantitative estimate of drug-likeness (QED) is 0.450. The second-order valence-corrected chi connectivity index (χ2v) is 3.52. The number of allylic oxidation sites excluding steroid dienone is 2. The molecule has 2 unspecified atom stereocenters. The molecule has 0 spiro atoms. The van der Waals surface area contributed by atoms with E-state index in [0.29, 0.717) is 0 Å². The SMILES string of the molecule is CC=C1C(C)CCCC1C. The van der Waals surface area contributed by atoms with Crippen molar-refractivity contribution in [2.45, 2.75) is 40.0 Å². The molecular formula is C10H18. The molecule has 0 aromatic rings. The smallest absolute Gasteiger partial charge is 0.0229 e. The van der Waals surface area contributed by atoms with Crippen LogP contribution >= 0.6 is 0 Å². The first kappa shape index (κ1) is 7.84. The van der Waals surface area contributed by atoms with E-state index in [1.54, 1.807) is 5.57 Å². The largest absolute Gasteiger partial charge is 0.0879 e. The van der Waals surface area contributed by atoms with Crippen LogP contribution < -0.4 is 0 Å². The van der Waals surface area contributed by atoms with Crippen LogP contribution in [0.15, 0.2) is 11.6 Å². The molecule has 1 rings (SSSR count). The van der Waals surface area contributed by atoms with E-state index in [4.69, 9.17) is 0 Å². The minimum Gasteiger partial charge on any atom is -0.0879 e. The van der Waals surface area contributed by atoms with Crippen molar-refractivity contribution in [3.8, 4) is 0 Å². The van der Waals surface area contributed by atoms with Gasteiger partial charge in [0.1, 0.15) is 0 Å². The van der Waals surface area contributed by atoms with Crippen molar-refractivity contribution < 1.29 is 0 Å². The Bertz CT molecular complexity index is 121. The fraction of sp³-hybridized carbons (Fsp3) is 0.800. The summed E-state index contributed by atoms with van der Waals surface area (Å²) in [5.41, 5.74) is 1.69. The van der Waals surface area contributed by atoms with Crippen molar-refractivity contribution in [2.24, 2.45) is 11.8 Å². The predicted octanol–water partition coefficient (Wildman–Crippen LogP) is 3.39. The molecule has 1 fully saturated rings. The highest BCUT2D eigenvalue weighted by Gasteiger charge is 2.19. The normalized spacial score (nSPS) is 34.1. The lowest BCUT2D eigenvalue weighted by atomic mass is 9.78. The second kappa shape index (κ2) is 3.23. The number of rotatable bonds is 0. The lowest BCUT2D eigenvalue weighted by Crippen LogP contribution is -2.14. The Morgan fingerprint density at radius 3 is 2.00 bits per heavy atom. The van der Waals surface area contributed by atoms with E-state index in [9.17, 15) is 0 Å². The van der Waals surface area contributed by atoms with Crippen molar-refractivity contribution in [1.29, 1.82) is 0 Å². The zero-order valence-electron chi connectivity index (χ0n) is 7.35. The average Bonchev–Trinajstić information content (AvgIpc) is 1.88. The van der Waals surface area contributed by atoms with Gasteiger partial charge in [-0.1, -0.05) is 31.9 Å². The Balaban J connectivity index is 2.63. The molecule has 0 N–H and O–H groups in total. The molecule has 2 atom stereocenters. The summed E-state index contributed by atoms with van der Waals surface area (Å²) in [5, 5.41) is 0.